The van der Waals surface area contributed by atoms with Gasteiger partial charge in [-0.25, -0.2) is 4.99 Å². The summed E-state index contributed by atoms with van der Waals surface area (Å²) >= 11 is 0. The number of aromatic nitrogens is 1. The summed E-state index contributed by atoms with van der Waals surface area (Å²) in [4.78, 5) is 7.96. The fraction of sp³-hybridized carbons (Fsp3) is 0.216. The zero-order valence-electron chi connectivity index (χ0n) is 22.9. The number of benzene rings is 4. The molecule has 9 rings (SSSR count). The van der Waals surface area contributed by atoms with Crippen LogP contribution in [0.25, 0.3) is 32.9 Å². The molecule has 5 aromatic rings. The quantitative estimate of drug-likeness (QED) is 0.220. The van der Waals surface area contributed by atoms with E-state index in [1.807, 2.05) is 0 Å². The van der Waals surface area contributed by atoms with E-state index in [1.165, 1.54) is 60.9 Å². The Morgan fingerprint density at radius 2 is 1.60 bits per heavy atom. The average molecular weight is 518 g/mol. The van der Waals surface area contributed by atoms with Gasteiger partial charge in [-0.1, -0.05) is 105 Å². The molecule has 1 saturated heterocycles. The number of nitrogens with zero attached hydrogens (tertiary/aromatic N) is 3. The predicted molar refractivity (Wildman–Crippen MR) is 165 cm³/mol. The molecule has 194 valence electrons. The Morgan fingerprint density at radius 3 is 2.45 bits per heavy atom. The van der Waals surface area contributed by atoms with Crippen LogP contribution in [0.4, 0.5) is 0 Å². The SMILES string of the molecule is CC1(C)c2ccccc2-c2cc3c4ccccc4n(C4N=C(c5ccc(C6C=CC=CC6)cc5)C5CN54)c3cc21. The molecule has 0 N–H and O–H groups in total. The first-order chi connectivity index (χ1) is 19.6. The molecule has 0 spiro atoms. The van der Waals surface area contributed by atoms with Gasteiger partial charge in [-0.15, -0.1) is 0 Å². The molecule has 4 unspecified atom stereocenters. The van der Waals surface area contributed by atoms with Crippen molar-refractivity contribution in [3.63, 3.8) is 0 Å². The summed E-state index contributed by atoms with van der Waals surface area (Å²) in [6.07, 6.45) is 9.93. The first-order valence-electron chi connectivity index (χ1n) is 14.5. The number of rotatable bonds is 3. The van der Waals surface area contributed by atoms with E-state index in [4.69, 9.17) is 4.99 Å². The van der Waals surface area contributed by atoms with Crippen LogP contribution in [-0.2, 0) is 5.41 Å². The molecule has 0 radical (unpaired) electrons. The van der Waals surface area contributed by atoms with Crippen LogP contribution in [-0.4, -0.2) is 27.8 Å². The second-order valence-corrected chi connectivity index (χ2v) is 12.3. The Hall–Kier alpha value is -4.21. The third-order valence-electron chi connectivity index (χ3n) is 9.78. The number of para-hydroxylation sites is 1. The zero-order valence-corrected chi connectivity index (χ0v) is 22.9. The minimum Gasteiger partial charge on any atom is -0.305 e. The standard InChI is InChI=1S/C37H31N3/c1-37(2)30-14-8-6-12-26(30)28-20-29-27-13-7-9-15-32(27)40(33(29)21-31(28)37)36-38-35(34-22-39(34)36)25-18-16-24(17-19-25)23-10-4-3-5-11-23/h3-10,12-21,23,34,36H,11,22H2,1-2H3. The topological polar surface area (TPSA) is 20.3 Å². The van der Waals surface area contributed by atoms with Gasteiger partial charge in [0.1, 0.15) is 0 Å². The molecule has 3 nitrogen and oxygen atoms in total. The maximum absolute atomic E-state index is 5.42. The lowest BCUT2D eigenvalue weighted by molar-refractivity contribution is 0.340. The van der Waals surface area contributed by atoms with E-state index in [2.05, 4.69) is 133 Å². The highest BCUT2D eigenvalue weighted by Gasteiger charge is 2.50. The largest absolute Gasteiger partial charge is 0.305 e. The van der Waals surface area contributed by atoms with Crippen molar-refractivity contribution in [3.05, 3.63) is 131 Å². The lowest BCUT2D eigenvalue weighted by atomic mass is 9.82. The van der Waals surface area contributed by atoms with Crippen LogP contribution in [0.3, 0.4) is 0 Å². The van der Waals surface area contributed by atoms with Crippen LogP contribution in [0.5, 0.6) is 0 Å². The van der Waals surface area contributed by atoms with Crippen molar-refractivity contribution in [2.45, 2.75) is 43.9 Å². The Morgan fingerprint density at radius 1 is 0.775 bits per heavy atom. The van der Waals surface area contributed by atoms with Gasteiger partial charge in [0.05, 0.1) is 22.8 Å². The fourth-order valence-electron chi connectivity index (χ4n) is 7.58. The first-order valence-corrected chi connectivity index (χ1v) is 14.5. The smallest absolute Gasteiger partial charge is 0.184 e. The lowest BCUT2D eigenvalue weighted by Gasteiger charge is -2.22. The van der Waals surface area contributed by atoms with Crippen molar-refractivity contribution in [2.24, 2.45) is 4.99 Å². The third-order valence-corrected chi connectivity index (χ3v) is 9.78. The lowest BCUT2D eigenvalue weighted by Crippen LogP contribution is -2.16. The summed E-state index contributed by atoms with van der Waals surface area (Å²) in [5, 5.41) is 2.63. The van der Waals surface area contributed by atoms with Gasteiger partial charge in [-0.3, -0.25) is 4.90 Å². The van der Waals surface area contributed by atoms with Gasteiger partial charge >= 0.3 is 0 Å². The molecule has 0 amide bonds. The molecule has 1 aromatic heterocycles. The van der Waals surface area contributed by atoms with Crippen molar-refractivity contribution in [2.75, 3.05) is 6.54 Å². The van der Waals surface area contributed by atoms with E-state index in [0.29, 0.717) is 12.0 Å². The molecule has 40 heavy (non-hydrogen) atoms. The molecule has 3 heteroatoms. The van der Waals surface area contributed by atoms with Crippen LogP contribution in [0, 0.1) is 0 Å². The van der Waals surface area contributed by atoms with Crippen molar-refractivity contribution < 1.29 is 0 Å². The normalized spacial score (nSPS) is 25.2. The Labute approximate surface area is 234 Å². The second-order valence-electron chi connectivity index (χ2n) is 12.3. The maximum atomic E-state index is 5.42. The molecular formula is C37H31N3. The van der Waals surface area contributed by atoms with Crippen LogP contribution in [0.1, 0.15) is 54.7 Å². The van der Waals surface area contributed by atoms with E-state index in [0.717, 1.165) is 13.0 Å². The highest BCUT2D eigenvalue weighted by molar-refractivity contribution is 6.11. The van der Waals surface area contributed by atoms with Gasteiger partial charge < -0.3 is 4.57 Å². The molecule has 4 aliphatic rings. The van der Waals surface area contributed by atoms with Gasteiger partial charge in [0, 0.05) is 28.7 Å². The Balaban J connectivity index is 1.18. The number of hydrogen-bond donors (Lipinski definition) is 0. The monoisotopic (exact) mass is 517 g/mol. The molecular weight excluding hydrogens is 486 g/mol. The number of allylic oxidation sites excluding steroid dienone is 4. The number of hydrogen-bond acceptors (Lipinski definition) is 2. The summed E-state index contributed by atoms with van der Waals surface area (Å²) < 4.78 is 2.50. The second kappa shape index (κ2) is 7.93. The number of aliphatic imine (C=N–C) groups is 1. The first kappa shape index (κ1) is 22.6. The molecule has 2 aliphatic heterocycles. The minimum absolute atomic E-state index is 0.0153. The van der Waals surface area contributed by atoms with Gasteiger partial charge in [0.25, 0.3) is 0 Å². The van der Waals surface area contributed by atoms with E-state index in [1.54, 1.807) is 0 Å². The van der Waals surface area contributed by atoms with Gasteiger partial charge in [-0.2, -0.15) is 0 Å². The Kier molecular flexibility index (Phi) is 4.48. The molecule has 2 aliphatic carbocycles. The molecule has 1 fully saturated rings. The maximum Gasteiger partial charge on any atom is 0.184 e. The highest BCUT2D eigenvalue weighted by atomic mass is 15.5. The van der Waals surface area contributed by atoms with Crippen molar-refractivity contribution in [1.82, 2.24) is 9.47 Å². The van der Waals surface area contributed by atoms with Crippen LogP contribution < -0.4 is 0 Å². The van der Waals surface area contributed by atoms with Crippen LogP contribution in [0.2, 0.25) is 0 Å². The minimum atomic E-state index is -0.0288. The summed E-state index contributed by atoms with van der Waals surface area (Å²) in [6, 6.07) is 32.3. The van der Waals surface area contributed by atoms with E-state index < -0.39 is 0 Å². The van der Waals surface area contributed by atoms with E-state index in [-0.39, 0.29) is 11.7 Å². The third kappa shape index (κ3) is 3.01. The summed E-state index contributed by atoms with van der Waals surface area (Å²) in [6.45, 7) is 5.80. The molecule has 4 aromatic carbocycles. The van der Waals surface area contributed by atoms with Gasteiger partial charge in [0.15, 0.2) is 6.29 Å². The van der Waals surface area contributed by atoms with E-state index >= 15 is 0 Å². The summed E-state index contributed by atoms with van der Waals surface area (Å²) in [5.74, 6) is 0.476. The van der Waals surface area contributed by atoms with Crippen molar-refractivity contribution >= 4 is 27.5 Å². The molecule has 4 atom stereocenters. The Bertz CT molecular complexity index is 1950. The average Bonchev–Trinajstić information content (AvgIpc) is 3.54. The van der Waals surface area contributed by atoms with Crippen LogP contribution in [0.15, 0.2) is 114 Å². The van der Waals surface area contributed by atoms with Gasteiger partial charge in [0.2, 0.25) is 0 Å². The number of fused-ring (bicyclic) bond motifs is 7. The van der Waals surface area contributed by atoms with E-state index in [9.17, 15) is 0 Å². The van der Waals surface area contributed by atoms with Crippen molar-refractivity contribution in [3.8, 4) is 11.1 Å². The molecule has 3 heterocycles. The zero-order chi connectivity index (χ0) is 26.6. The molecule has 0 bridgehead atoms. The summed E-state index contributed by atoms with van der Waals surface area (Å²) in [5.41, 5.74) is 12.0. The predicted octanol–water partition coefficient (Wildman–Crippen LogP) is 8.34. The van der Waals surface area contributed by atoms with Gasteiger partial charge in [-0.05, 0) is 58.0 Å². The fourth-order valence-corrected chi connectivity index (χ4v) is 7.58. The van der Waals surface area contributed by atoms with Crippen molar-refractivity contribution in [1.29, 1.82) is 0 Å². The highest BCUT2D eigenvalue weighted by Crippen LogP contribution is 2.52. The summed E-state index contributed by atoms with van der Waals surface area (Å²) in [7, 11) is 0. The molecule has 0 saturated carbocycles. The van der Waals surface area contributed by atoms with Crippen LogP contribution >= 0.6 is 0 Å².